The van der Waals surface area contributed by atoms with Crippen molar-refractivity contribution >= 4 is 33.4 Å². The molecule has 0 bridgehead atoms. The first-order valence-corrected chi connectivity index (χ1v) is 6.92. The van der Waals surface area contributed by atoms with Crippen molar-refractivity contribution in [2.45, 2.75) is 6.61 Å². The highest BCUT2D eigenvalue weighted by atomic mass is 79.9. The Hall–Kier alpha value is -1.72. The van der Waals surface area contributed by atoms with Crippen molar-refractivity contribution in [2.75, 3.05) is 0 Å². The second-order valence-corrected chi connectivity index (χ2v) is 5.40. The smallest absolute Gasteiger partial charge is 0.173 e. The lowest BCUT2D eigenvalue weighted by Gasteiger charge is -2.11. The molecule has 0 unspecified atom stereocenters. The molecule has 0 amide bonds. The summed E-state index contributed by atoms with van der Waals surface area (Å²) >= 11 is 9.28. The average Bonchev–Trinajstić information content (AvgIpc) is 2.44. The molecule has 0 radical (unpaired) electrons. The molecule has 2 rings (SSSR count). The van der Waals surface area contributed by atoms with Crippen LogP contribution in [-0.4, -0.2) is 11.0 Å². The van der Waals surface area contributed by atoms with Crippen LogP contribution < -0.4 is 10.5 Å². The van der Waals surface area contributed by atoms with E-state index < -0.39 is 0 Å². The molecule has 0 aliphatic heterocycles. The minimum Gasteiger partial charge on any atom is -0.488 e. The molecular formula is C14H12BrClN2O2. The predicted molar refractivity (Wildman–Crippen MR) is 82.4 cm³/mol. The van der Waals surface area contributed by atoms with Crippen molar-refractivity contribution in [2.24, 2.45) is 10.9 Å². The summed E-state index contributed by atoms with van der Waals surface area (Å²) in [4.78, 5) is 0. The summed E-state index contributed by atoms with van der Waals surface area (Å²) in [6.45, 7) is 0.336. The summed E-state index contributed by atoms with van der Waals surface area (Å²) in [5.74, 6) is 0.522. The number of amidine groups is 1. The zero-order valence-corrected chi connectivity index (χ0v) is 12.7. The maximum Gasteiger partial charge on any atom is 0.173 e. The van der Waals surface area contributed by atoms with Crippen LogP contribution in [0.25, 0.3) is 0 Å². The van der Waals surface area contributed by atoms with Crippen molar-refractivity contribution in [1.82, 2.24) is 0 Å². The van der Waals surface area contributed by atoms with Gasteiger partial charge in [-0.1, -0.05) is 44.8 Å². The average molecular weight is 356 g/mol. The minimum atomic E-state index is -0.00130. The number of oxime groups is 1. The van der Waals surface area contributed by atoms with Gasteiger partial charge in [0.05, 0.1) is 5.56 Å². The van der Waals surface area contributed by atoms with Gasteiger partial charge in [0.15, 0.2) is 5.84 Å². The van der Waals surface area contributed by atoms with E-state index in [1.807, 2.05) is 18.2 Å². The highest BCUT2D eigenvalue weighted by Crippen LogP contribution is 2.25. The highest BCUT2D eigenvalue weighted by molar-refractivity contribution is 9.10. The molecule has 0 aliphatic rings. The van der Waals surface area contributed by atoms with Gasteiger partial charge in [-0.15, -0.1) is 0 Å². The largest absolute Gasteiger partial charge is 0.488 e. The van der Waals surface area contributed by atoms with Crippen LogP contribution in [0.1, 0.15) is 11.1 Å². The molecular weight excluding hydrogens is 344 g/mol. The summed E-state index contributed by atoms with van der Waals surface area (Å²) in [6.07, 6.45) is 0. The van der Waals surface area contributed by atoms with E-state index in [0.717, 1.165) is 10.0 Å². The van der Waals surface area contributed by atoms with Crippen LogP contribution in [-0.2, 0) is 6.61 Å². The van der Waals surface area contributed by atoms with E-state index in [9.17, 15) is 0 Å². The second kappa shape index (κ2) is 6.63. The Kier molecular flexibility index (Phi) is 4.87. The van der Waals surface area contributed by atoms with Crippen molar-refractivity contribution < 1.29 is 9.94 Å². The molecule has 0 atom stereocenters. The standard InChI is InChI=1S/C14H12BrClN2O2/c15-10-4-5-12(14(17)18-19)13(7-10)20-8-9-2-1-3-11(16)6-9/h1-7,19H,8H2,(H2,17,18). The van der Waals surface area contributed by atoms with E-state index in [-0.39, 0.29) is 5.84 Å². The molecule has 20 heavy (non-hydrogen) atoms. The lowest BCUT2D eigenvalue weighted by Crippen LogP contribution is -2.14. The summed E-state index contributed by atoms with van der Waals surface area (Å²) < 4.78 is 6.56. The third-order valence-electron chi connectivity index (χ3n) is 2.61. The number of hydrogen-bond acceptors (Lipinski definition) is 3. The number of rotatable bonds is 4. The van der Waals surface area contributed by atoms with Crippen LogP contribution in [0.15, 0.2) is 52.1 Å². The number of benzene rings is 2. The third-order valence-corrected chi connectivity index (χ3v) is 3.34. The normalized spacial score (nSPS) is 11.4. The Balaban J connectivity index is 2.22. The van der Waals surface area contributed by atoms with Crippen molar-refractivity contribution in [1.29, 1.82) is 0 Å². The Bertz CT molecular complexity index is 647. The topological polar surface area (TPSA) is 67.8 Å². The molecule has 0 aliphatic carbocycles. The van der Waals surface area contributed by atoms with Gasteiger partial charge in [-0.05, 0) is 35.9 Å². The number of halogens is 2. The molecule has 104 valence electrons. The third kappa shape index (κ3) is 3.65. The second-order valence-electron chi connectivity index (χ2n) is 4.04. The number of nitrogens with two attached hydrogens (primary N) is 1. The van der Waals surface area contributed by atoms with E-state index in [0.29, 0.717) is 22.9 Å². The van der Waals surface area contributed by atoms with E-state index in [1.165, 1.54) is 0 Å². The fraction of sp³-hybridized carbons (Fsp3) is 0.0714. The van der Waals surface area contributed by atoms with Crippen molar-refractivity contribution in [3.8, 4) is 5.75 Å². The van der Waals surface area contributed by atoms with Crippen molar-refractivity contribution in [3.63, 3.8) is 0 Å². The van der Waals surface area contributed by atoms with Crippen LogP contribution in [0, 0.1) is 0 Å². The van der Waals surface area contributed by atoms with Crippen LogP contribution in [0.2, 0.25) is 5.02 Å². The molecule has 2 aromatic rings. The number of nitrogens with zero attached hydrogens (tertiary/aromatic N) is 1. The molecule has 0 spiro atoms. The molecule has 3 N–H and O–H groups in total. The lowest BCUT2D eigenvalue weighted by atomic mass is 10.2. The van der Waals surface area contributed by atoms with Gasteiger partial charge in [0.2, 0.25) is 0 Å². The van der Waals surface area contributed by atoms with Gasteiger partial charge in [0, 0.05) is 9.50 Å². The van der Waals surface area contributed by atoms with Crippen LogP contribution in [0.3, 0.4) is 0 Å². The zero-order chi connectivity index (χ0) is 14.5. The first kappa shape index (κ1) is 14.7. The quantitative estimate of drug-likeness (QED) is 0.379. The summed E-state index contributed by atoms with van der Waals surface area (Å²) in [5.41, 5.74) is 7.08. The Morgan fingerprint density at radius 3 is 2.80 bits per heavy atom. The Morgan fingerprint density at radius 1 is 1.30 bits per heavy atom. The van der Waals surface area contributed by atoms with Gasteiger partial charge < -0.3 is 15.7 Å². The fourth-order valence-corrected chi connectivity index (χ4v) is 2.22. The molecule has 2 aromatic carbocycles. The van der Waals surface area contributed by atoms with Gasteiger partial charge in [-0.3, -0.25) is 0 Å². The van der Waals surface area contributed by atoms with Gasteiger partial charge in [-0.25, -0.2) is 0 Å². The molecule has 0 heterocycles. The summed E-state index contributed by atoms with van der Waals surface area (Å²) in [6, 6.07) is 12.7. The number of hydrogen-bond donors (Lipinski definition) is 2. The molecule has 0 fully saturated rings. The predicted octanol–water partition coefficient (Wildman–Crippen LogP) is 3.78. The minimum absolute atomic E-state index is 0.00130. The fourth-order valence-electron chi connectivity index (χ4n) is 1.67. The van der Waals surface area contributed by atoms with Crippen molar-refractivity contribution in [3.05, 3.63) is 63.1 Å². The summed E-state index contributed by atoms with van der Waals surface area (Å²) in [5, 5.41) is 12.4. The Morgan fingerprint density at radius 2 is 2.10 bits per heavy atom. The molecule has 4 nitrogen and oxygen atoms in total. The van der Waals surface area contributed by atoms with E-state index in [2.05, 4.69) is 21.1 Å². The monoisotopic (exact) mass is 354 g/mol. The molecule has 0 aromatic heterocycles. The zero-order valence-electron chi connectivity index (χ0n) is 10.4. The van der Waals surface area contributed by atoms with E-state index in [4.69, 9.17) is 27.3 Å². The Labute approximate surface area is 129 Å². The van der Waals surface area contributed by atoms with E-state index >= 15 is 0 Å². The maximum atomic E-state index is 8.78. The molecule has 0 saturated carbocycles. The lowest BCUT2D eigenvalue weighted by molar-refractivity contribution is 0.303. The number of ether oxygens (including phenoxy) is 1. The van der Waals surface area contributed by atoms with Gasteiger partial charge in [0.25, 0.3) is 0 Å². The molecule has 6 heteroatoms. The first-order chi connectivity index (χ1) is 9.60. The maximum absolute atomic E-state index is 8.78. The SMILES string of the molecule is N/C(=N/O)c1ccc(Br)cc1OCc1cccc(Cl)c1. The van der Waals surface area contributed by atoms with Crippen LogP contribution >= 0.6 is 27.5 Å². The van der Waals surface area contributed by atoms with Gasteiger partial charge in [-0.2, -0.15) is 0 Å². The summed E-state index contributed by atoms with van der Waals surface area (Å²) in [7, 11) is 0. The van der Waals surface area contributed by atoms with Gasteiger partial charge >= 0.3 is 0 Å². The van der Waals surface area contributed by atoms with E-state index in [1.54, 1.807) is 24.3 Å². The van der Waals surface area contributed by atoms with Gasteiger partial charge in [0.1, 0.15) is 12.4 Å². The first-order valence-electron chi connectivity index (χ1n) is 5.75. The van der Waals surface area contributed by atoms with Crippen LogP contribution in [0.5, 0.6) is 5.75 Å². The van der Waals surface area contributed by atoms with Crippen LogP contribution in [0.4, 0.5) is 0 Å². The highest BCUT2D eigenvalue weighted by Gasteiger charge is 2.09. The molecule has 0 saturated heterocycles.